The van der Waals surface area contributed by atoms with Gasteiger partial charge in [-0.2, -0.15) is 4.52 Å². The number of anilines is 1. The van der Waals surface area contributed by atoms with E-state index in [0.717, 1.165) is 17.9 Å². The highest BCUT2D eigenvalue weighted by molar-refractivity contribution is 5.43. The van der Waals surface area contributed by atoms with E-state index in [-0.39, 0.29) is 0 Å². The second-order valence-corrected chi connectivity index (χ2v) is 3.31. The molecule has 14 heavy (non-hydrogen) atoms. The van der Waals surface area contributed by atoms with Crippen molar-refractivity contribution in [3.05, 3.63) is 18.5 Å². The zero-order valence-electron chi connectivity index (χ0n) is 8.31. The summed E-state index contributed by atoms with van der Waals surface area (Å²) in [6, 6.07) is 4.23. The lowest BCUT2D eigenvalue weighted by atomic mass is 10.2. The van der Waals surface area contributed by atoms with Gasteiger partial charge in [-0.25, -0.2) is 0 Å². The summed E-state index contributed by atoms with van der Waals surface area (Å²) >= 11 is 0. The monoisotopic (exact) mass is 191 g/mol. The number of fused-ring (bicyclic) bond motifs is 1. The van der Waals surface area contributed by atoms with Crippen molar-refractivity contribution in [3.63, 3.8) is 0 Å². The minimum Gasteiger partial charge on any atom is -0.366 e. The summed E-state index contributed by atoms with van der Waals surface area (Å²) < 4.78 is 1.66. The van der Waals surface area contributed by atoms with Crippen LogP contribution in [0.15, 0.2) is 18.5 Å². The molecule has 0 aliphatic rings. The number of aromatic nitrogens is 4. The third-order valence-electron chi connectivity index (χ3n) is 2.17. The lowest BCUT2D eigenvalue weighted by Crippen LogP contribution is -2.15. The van der Waals surface area contributed by atoms with Gasteiger partial charge in [-0.1, -0.05) is 6.92 Å². The first kappa shape index (κ1) is 8.93. The summed E-state index contributed by atoms with van der Waals surface area (Å²) in [5.41, 5.74) is 0.764. The fraction of sp³-hybridized carbons (Fsp3) is 0.444. The van der Waals surface area contributed by atoms with Gasteiger partial charge in [0, 0.05) is 6.04 Å². The van der Waals surface area contributed by atoms with E-state index in [9.17, 15) is 0 Å². The number of hydrogen-bond donors (Lipinski definition) is 1. The van der Waals surface area contributed by atoms with Crippen LogP contribution in [-0.4, -0.2) is 25.9 Å². The van der Waals surface area contributed by atoms with Crippen LogP contribution in [0.25, 0.3) is 5.65 Å². The Morgan fingerprint density at radius 3 is 3.14 bits per heavy atom. The molecule has 2 aromatic heterocycles. The van der Waals surface area contributed by atoms with Gasteiger partial charge in [0.2, 0.25) is 0 Å². The Morgan fingerprint density at radius 1 is 1.50 bits per heavy atom. The van der Waals surface area contributed by atoms with Crippen LogP contribution in [0.4, 0.5) is 5.82 Å². The van der Waals surface area contributed by atoms with E-state index in [2.05, 4.69) is 34.5 Å². The lowest BCUT2D eigenvalue weighted by molar-refractivity contribution is 0.751. The molecule has 0 spiro atoms. The van der Waals surface area contributed by atoms with Crippen molar-refractivity contribution < 1.29 is 0 Å². The highest BCUT2D eigenvalue weighted by Crippen LogP contribution is 2.06. The number of rotatable bonds is 3. The average molecular weight is 191 g/mol. The molecular weight excluding hydrogens is 178 g/mol. The molecule has 0 aliphatic carbocycles. The first-order chi connectivity index (χ1) is 6.79. The van der Waals surface area contributed by atoms with E-state index in [0.29, 0.717) is 6.04 Å². The molecule has 1 atom stereocenters. The van der Waals surface area contributed by atoms with Crippen molar-refractivity contribution in [2.75, 3.05) is 5.32 Å². The molecule has 5 nitrogen and oxygen atoms in total. The SMILES string of the molecule is CC[C@H](C)Nc1ccc2nncn2n1. The molecule has 2 rings (SSSR count). The van der Waals surface area contributed by atoms with E-state index in [1.165, 1.54) is 0 Å². The van der Waals surface area contributed by atoms with Gasteiger partial charge in [0.25, 0.3) is 0 Å². The first-order valence-electron chi connectivity index (χ1n) is 4.73. The molecule has 0 fully saturated rings. The molecule has 74 valence electrons. The van der Waals surface area contributed by atoms with Crippen molar-refractivity contribution in [2.24, 2.45) is 0 Å². The van der Waals surface area contributed by atoms with Crippen LogP contribution in [0.5, 0.6) is 0 Å². The van der Waals surface area contributed by atoms with Gasteiger partial charge >= 0.3 is 0 Å². The van der Waals surface area contributed by atoms with Crippen LogP contribution >= 0.6 is 0 Å². The van der Waals surface area contributed by atoms with Crippen molar-refractivity contribution >= 4 is 11.5 Å². The Kier molecular flexibility index (Phi) is 2.30. The maximum absolute atomic E-state index is 4.30. The minimum atomic E-state index is 0.427. The second kappa shape index (κ2) is 3.61. The predicted octanol–water partition coefficient (Wildman–Crippen LogP) is 1.33. The largest absolute Gasteiger partial charge is 0.366 e. The number of hydrogen-bond acceptors (Lipinski definition) is 4. The predicted molar refractivity (Wildman–Crippen MR) is 54.2 cm³/mol. The molecule has 0 aliphatic heterocycles. The molecule has 0 saturated heterocycles. The number of nitrogens with one attached hydrogen (secondary N) is 1. The van der Waals surface area contributed by atoms with Crippen LogP contribution in [0.2, 0.25) is 0 Å². The van der Waals surface area contributed by atoms with E-state index >= 15 is 0 Å². The summed E-state index contributed by atoms with van der Waals surface area (Å²) in [5.74, 6) is 0.853. The fourth-order valence-electron chi connectivity index (χ4n) is 1.16. The summed E-state index contributed by atoms with van der Waals surface area (Å²) in [5, 5.41) is 15.2. The zero-order valence-corrected chi connectivity index (χ0v) is 8.31. The van der Waals surface area contributed by atoms with Gasteiger partial charge in [-0.05, 0) is 25.5 Å². The van der Waals surface area contributed by atoms with Gasteiger partial charge in [0.05, 0.1) is 0 Å². The van der Waals surface area contributed by atoms with Gasteiger partial charge in [-0.3, -0.25) is 0 Å². The topological polar surface area (TPSA) is 55.1 Å². The van der Waals surface area contributed by atoms with Crippen molar-refractivity contribution in [3.8, 4) is 0 Å². The Labute approximate surface area is 82.2 Å². The summed E-state index contributed by atoms with van der Waals surface area (Å²) in [7, 11) is 0. The maximum Gasteiger partial charge on any atom is 0.177 e. The van der Waals surface area contributed by atoms with Crippen molar-refractivity contribution in [1.82, 2.24) is 19.8 Å². The van der Waals surface area contributed by atoms with Crippen molar-refractivity contribution in [2.45, 2.75) is 26.3 Å². The standard InChI is InChI=1S/C9H13N5/c1-3-7(2)11-8-4-5-9-12-10-6-14(9)13-8/h4-7H,3H2,1-2H3,(H,11,13)/t7-/m0/s1. The van der Waals surface area contributed by atoms with Crippen LogP contribution in [0, 0.1) is 0 Å². The van der Waals surface area contributed by atoms with E-state index in [4.69, 9.17) is 0 Å². The average Bonchev–Trinajstić information content (AvgIpc) is 2.64. The smallest absolute Gasteiger partial charge is 0.177 e. The molecular formula is C9H13N5. The minimum absolute atomic E-state index is 0.427. The molecule has 0 unspecified atom stereocenters. The third kappa shape index (κ3) is 1.66. The van der Waals surface area contributed by atoms with Gasteiger partial charge in [0.1, 0.15) is 12.1 Å². The van der Waals surface area contributed by atoms with Crippen LogP contribution < -0.4 is 5.32 Å². The molecule has 0 bridgehead atoms. The molecule has 0 aromatic carbocycles. The molecule has 1 N–H and O–H groups in total. The van der Waals surface area contributed by atoms with E-state index < -0.39 is 0 Å². The first-order valence-corrected chi connectivity index (χ1v) is 4.73. The summed E-state index contributed by atoms with van der Waals surface area (Å²) in [4.78, 5) is 0. The van der Waals surface area contributed by atoms with E-state index in [1.54, 1.807) is 10.8 Å². The Morgan fingerprint density at radius 2 is 2.36 bits per heavy atom. The van der Waals surface area contributed by atoms with Crippen LogP contribution in [0.3, 0.4) is 0 Å². The summed E-state index contributed by atoms with van der Waals surface area (Å²) in [6.07, 6.45) is 2.67. The van der Waals surface area contributed by atoms with E-state index in [1.807, 2.05) is 12.1 Å². The van der Waals surface area contributed by atoms with Gasteiger partial charge < -0.3 is 5.32 Å². The Hall–Kier alpha value is -1.65. The molecule has 0 amide bonds. The lowest BCUT2D eigenvalue weighted by Gasteiger charge is -2.11. The third-order valence-corrected chi connectivity index (χ3v) is 2.17. The molecule has 0 saturated carbocycles. The van der Waals surface area contributed by atoms with Crippen LogP contribution in [0.1, 0.15) is 20.3 Å². The number of nitrogens with zero attached hydrogens (tertiary/aromatic N) is 4. The molecule has 2 aromatic rings. The summed E-state index contributed by atoms with van der Waals surface area (Å²) in [6.45, 7) is 4.26. The fourth-order valence-corrected chi connectivity index (χ4v) is 1.16. The van der Waals surface area contributed by atoms with Gasteiger partial charge in [0.15, 0.2) is 5.65 Å². The normalized spacial score (nSPS) is 13.0. The van der Waals surface area contributed by atoms with Gasteiger partial charge in [-0.15, -0.1) is 15.3 Å². The zero-order chi connectivity index (χ0) is 9.97. The second-order valence-electron chi connectivity index (χ2n) is 3.31. The Bertz CT molecular complexity index is 422. The van der Waals surface area contributed by atoms with Crippen LogP contribution in [-0.2, 0) is 0 Å². The quantitative estimate of drug-likeness (QED) is 0.795. The Balaban J connectivity index is 2.25. The molecule has 5 heteroatoms. The molecule has 0 radical (unpaired) electrons. The highest BCUT2D eigenvalue weighted by atomic mass is 15.4. The van der Waals surface area contributed by atoms with Crippen molar-refractivity contribution in [1.29, 1.82) is 0 Å². The maximum atomic E-state index is 4.30. The molecule has 2 heterocycles. The highest BCUT2D eigenvalue weighted by Gasteiger charge is 2.01.